The number of nitrogens with one attached hydrogen (secondary N) is 3. The molecule has 3 heterocycles. The molecule has 0 bridgehead atoms. The number of carboxylic acid groups (broad SMARTS) is 1. The van der Waals surface area contributed by atoms with Crippen molar-refractivity contribution in [3.05, 3.63) is 41.3 Å². The van der Waals surface area contributed by atoms with Gasteiger partial charge < -0.3 is 21.1 Å². The van der Waals surface area contributed by atoms with Crippen molar-refractivity contribution in [2.75, 3.05) is 36.9 Å². The van der Waals surface area contributed by atoms with Crippen LogP contribution in [0.1, 0.15) is 68.2 Å². The maximum atomic E-state index is 11.9. The van der Waals surface area contributed by atoms with Crippen LogP contribution >= 0.6 is 0 Å². The molecule has 2 aliphatic rings. The summed E-state index contributed by atoms with van der Waals surface area (Å²) in [6, 6.07) is 3.47. The molecular formula is C26H37N7O3. The first kappa shape index (κ1) is 25.8. The number of hydrogen-bond donors (Lipinski definition) is 4. The van der Waals surface area contributed by atoms with Crippen molar-refractivity contribution in [1.29, 1.82) is 0 Å². The topological polar surface area (TPSA) is 132 Å². The van der Waals surface area contributed by atoms with E-state index in [1.165, 1.54) is 25.3 Å². The molecule has 1 aliphatic carbocycles. The highest BCUT2D eigenvalue weighted by atomic mass is 16.4. The fourth-order valence-electron chi connectivity index (χ4n) is 4.41. The average Bonchev–Trinajstić information content (AvgIpc) is 3.72. The highest BCUT2D eigenvalue weighted by Crippen LogP contribution is 2.39. The van der Waals surface area contributed by atoms with Crippen molar-refractivity contribution in [3.8, 4) is 0 Å². The van der Waals surface area contributed by atoms with Gasteiger partial charge in [0.25, 0.3) is 0 Å². The van der Waals surface area contributed by atoms with E-state index in [1.54, 1.807) is 12.4 Å². The Balaban J connectivity index is 1.25. The molecule has 1 saturated carbocycles. The molecular weight excluding hydrogens is 458 g/mol. The molecule has 4 rings (SSSR count). The van der Waals surface area contributed by atoms with Gasteiger partial charge in [0.2, 0.25) is 11.9 Å². The molecule has 36 heavy (non-hydrogen) atoms. The number of unbranched alkanes of at least 4 members (excludes halogenated alkanes) is 1. The molecule has 2 aromatic heterocycles. The number of anilines is 2. The Labute approximate surface area is 212 Å². The first-order chi connectivity index (χ1) is 17.5. The number of hydrogen-bond acceptors (Lipinski definition) is 8. The first-order valence-electron chi connectivity index (χ1n) is 13.0. The van der Waals surface area contributed by atoms with Crippen LogP contribution in [-0.2, 0) is 22.4 Å². The van der Waals surface area contributed by atoms with Crippen LogP contribution in [0.3, 0.4) is 0 Å². The predicted octanol–water partition coefficient (Wildman–Crippen LogP) is 2.78. The summed E-state index contributed by atoms with van der Waals surface area (Å²) >= 11 is 0. The summed E-state index contributed by atoms with van der Waals surface area (Å²) in [4.78, 5) is 38.8. The molecule has 10 heteroatoms. The number of carbonyl (C=O) groups excluding carboxylic acids is 1. The van der Waals surface area contributed by atoms with Crippen molar-refractivity contribution < 1.29 is 14.7 Å². The highest BCUT2D eigenvalue weighted by molar-refractivity contribution is 5.76. The number of nitrogens with zero attached hydrogens (tertiary/aromatic N) is 4. The summed E-state index contributed by atoms with van der Waals surface area (Å²) in [5.74, 6) is 0.840. The standard InChI is InChI=1S/C26H37N7O3/c1-18(34)30-17-33(13-3-2-6-22-10-9-20-5-4-12-27-24(20)31-22)14-11-23(25(35)36)32-26-28-15-21(16-29-26)19-7-8-19/h9-10,15-16,19,23H,2-8,11-14,17H2,1H3,(H,27,31)(H,30,34)(H,35,36)(H,28,29,32). The molecule has 10 nitrogen and oxygen atoms in total. The number of aromatic nitrogens is 3. The molecule has 4 N–H and O–H groups in total. The molecule has 1 unspecified atom stereocenters. The molecule has 1 amide bonds. The number of rotatable bonds is 14. The third-order valence-electron chi connectivity index (χ3n) is 6.72. The van der Waals surface area contributed by atoms with Gasteiger partial charge >= 0.3 is 5.97 Å². The fourth-order valence-corrected chi connectivity index (χ4v) is 4.41. The second kappa shape index (κ2) is 12.6. The normalized spacial score (nSPS) is 15.6. The molecule has 1 atom stereocenters. The third kappa shape index (κ3) is 7.87. The van der Waals surface area contributed by atoms with Gasteiger partial charge in [0.05, 0.1) is 6.67 Å². The Morgan fingerprint density at radius 3 is 2.72 bits per heavy atom. The minimum Gasteiger partial charge on any atom is -0.480 e. The molecule has 0 spiro atoms. The number of carbonyl (C=O) groups is 2. The number of amides is 1. The zero-order chi connectivity index (χ0) is 25.3. The van der Waals surface area contributed by atoms with Crippen molar-refractivity contribution in [3.63, 3.8) is 0 Å². The van der Waals surface area contributed by atoms with Crippen molar-refractivity contribution in [1.82, 2.24) is 25.2 Å². The van der Waals surface area contributed by atoms with Crippen LogP contribution in [0.25, 0.3) is 0 Å². The Bertz CT molecular complexity index is 1030. The molecule has 2 aromatic rings. The lowest BCUT2D eigenvalue weighted by atomic mass is 10.1. The van der Waals surface area contributed by atoms with E-state index in [-0.39, 0.29) is 5.91 Å². The summed E-state index contributed by atoms with van der Waals surface area (Å²) < 4.78 is 0. The zero-order valence-electron chi connectivity index (χ0n) is 21.0. The van der Waals surface area contributed by atoms with E-state index in [0.717, 1.165) is 62.3 Å². The summed E-state index contributed by atoms with van der Waals surface area (Å²) in [5.41, 5.74) is 3.48. The lowest BCUT2D eigenvalue weighted by Crippen LogP contribution is -2.41. The Kier molecular flexibility index (Phi) is 9.05. The Morgan fingerprint density at radius 1 is 1.19 bits per heavy atom. The second-order valence-corrected chi connectivity index (χ2v) is 9.74. The van der Waals surface area contributed by atoms with Gasteiger partial charge in [-0.15, -0.1) is 0 Å². The van der Waals surface area contributed by atoms with Gasteiger partial charge in [-0.05, 0) is 81.0 Å². The first-order valence-corrected chi connectivity index (χ1v) is 13.0. The lowest BCUT2D eigenvalue weighted by molar-refractivity contribution is -0.138. The van der Waals surface area contributed by atoms with Gasteiger partial charge in [0.15, 0.2) is 0 Å². The fraction of sp³-hybridized carbons (Fsp3) is 0.577. The molecule has 194 valence electrons. The van der Waals surface area contributed by atoms with Crippen LogP contribution < -0.4 is 16.0 Å². The molecule has 0 aromatic carbocycles. The minimum atomic E-state index is -0.948. The number of carboxylic acids is 1. The molecule has 1 fully saturated rings. The van der Waals surface area contributed by atoms with Gasteiger partial charge in [0.1, 0.15) is 11.9 Å². The number of aryl methyl sites for hydroxylation is 2. The number of aliphatic carboxylic acids is 1. The van der Waals surface area contributed by atoms with Crippen LogP contribution in [0.4, 0.5) is 11.8 Å². The van der Waals surface area contributed by atoms with Crippen molar-refractivity contribution >= 4 is 23.6 Å². The van der Waals surface area contributed by atoms with E-state index in [4.69, 9.17) is 4.98 Å². The van der Waals surface area contributed by atoms with Crippen LogP contribution in [0, 0.1) is 0 Å². The van der Waals surface area contributed by atoms with Gasteiger partial charge in [-0.3, -0.25) is 9.69 Å². The summed E-state index contributed by atoms with van der Waals surface area (Å²) in [5, 5.41) is 18.9. The maximum Gasteiger partial charge on any atom is 0.326 e. The van der Waals surface area contributed by atoms with Crippen LogP contribution in [0.2, 0.25) is 0 Å². The van der Waals surface area contributed by atoms with Crippen LogP contribution in [0.5, 0.6) is 0 Å². The van der Waals surface area contributed by atoms with E-state index < -0.39 is 12.0 Å². The Hall–Kier alpha value is -3.27. The second-order valence-electron chi connectivity index (χ2n) is 9.74. The van der Waals surface area contributed by atoms with Crippen LogP contribution in [0.15, 0.2) is 24.5 Å². The van der Waals surface area contributed by atoms with Gasteiger partial charge in [-0.2, -0.15) is 0 Å². The van der Waals surface area contributed by atoms with Crippen molar-refractivity contribution in [2.24, 2.45) is 0 Å². The van der Waals surface area contributed by atoms with Crippen molar-refractivity contribution in [2.45, 2.75) is 70.3 Å². The largest absolute Gasteiger partial charge is 0.480 e. The van der Waals surface area contributed by atoms with E-state index in [2.05, 4.69) is 43.0 Å². The third-order valence-corrected chi connectivity index (χ3v) is 6.72. The van der Waals surface area contributed by atoms with Gasteiger partial charge in [-0.1, -0.05) is 6.07 Å². The highest BCUT2D eigenvalue weighted by Gasteiger charge is 2.25. The smallest absolute Gasteiger partial charge is 0.326 e. The summed E-state index contributed by atoms with van der Waals surface area (Å²) in [7, 11) is 0. The maximum absolute atomic E-state index is 11.9. The van der Waals surface area contributed by atoms with E-state index >= 15 is 0 Å². The minimum absolute atomic E-state index is 0.108. The predicted molar refractivity (Wildman–Crippen MR) is 138 cm³/mol. The summed E-state index contributed by atoms with van der Waals surface area (Å²) in [6.45, 7) is 4.12. The summed E-state index contributed by atoms with van der Waals surface area (Å²) in [6.07, 6.45) is 11.3. The van der Waals surface area contributed by atoms with Gasteiger partial charge in [-0.25, -0.2) is 19.7 Å². The lowest BCUT2D eigenvalue weighted by Gasteiger charge is -2.24. The van der Waals surface area contributed by atoms with Gasteiger partial charge in [0, 0.05) is 38.1 Å². The molecule has 1 aliphatic heterocycles. The quantitative estimate of drug-likeness (QED) is 0.231. The molecule has 0 saturated heterocycles. The van der Waals surface area contributed by atoms with E-state index in [1.807, 2.05) is 0 Å². The Morgan fingerprint density at radius 2 is 2.00 bits per heavy atom. The zero-order valence-corrected chi connectivity index (χ0v) is 21.0. The van der Waals surface area contributed by atoms with E-state index in [9.17, 15) is 14.7 Å². The van der Waals surface area contributed by atoms with E-state index in [0.29, 0.717) is 31.5 Å². The average molecular weight is 496 g/mol. The molecule has 0 radical (unpaired) electrons. The number of fused-ring (bicyclic) bond motifs is 1. The van der Waals surface area contributed by atoms with Crippen LogP contribution in [-0.4, -0.2) is 69.2 Å². The SMILES string of the molecule is CC(=O)NCN(CCCCc1ccc2c(n1)NCCC2)CCC(Nc1ncc(C2CC2)cn1)C(=O)O. The number of pyridine rings is 1. The monoisotopic (exact) mass is 495 g/mol.